The predicted molar refractivity (Wildman–Crippen MR) is 61.5 cm³/mol. The van der Waals surface area contributed by atoms with E-state index in [0.29, 0.717) is 6.42 Å². The summed E-state index contributed by atoms with van der Waals surface area (Å²) in [5, 5.41) is 0. The second-order valence-electron chi connectivity index (χ2n) is 4.00. The minimum Gasteiger partial charge on any atom is -0.368 e. The molecular weight excluding hydrogens is 188 g/mol. The summed E-state index contributed by atoms with van der Waals surface area (Å²) in [6.45, 7) is 6.19. The molecule has 4 N–H and O–H groups in total. The molecule has 0 bridgehead atoms. The first kappa shape index (κ1) is 11.7. The van der Waals surface area contributed by atoms with Crippen molar-refractivity contribution in [3.8, 4) is 0 Å². The van der Waals surface area contributed by atoms with E-state index in [1.165, 1.54) is 16.7 Å². The van der Waals surface area contributed by atoms with Gasteiger partial charge in [-0.15, -0.1) is 0 Å². The molecule has 0 saturated heterocycles. The molecular formula is C12H18N2O. The van der Waals surface area contributed by atoms with Crippen molar-refractivity contribution in [2.24, 2.45) is 11.5 Å². The largest absolute Gasteiger partial charge is 0.368 e. The van der Waals surface area contributed by atoms with Gasteiger partial charge in [0.15, 0.2) is 0 Å². The average molecular weight is 206 g/mol. The van der Waals surface area contributed by atoms with Crippen LogP contribution in [0, 0.1) is 20.8 Å². The summed E-state index contributed by atoms with van der Waals surface area (Å²) < 4.78 is 0. The van der Waals surface area contributed by atoms with Gasteiger partial charge in [-0.3, -0.25) is 4.79 Å². The van der Waals surface area contributed by atoms with Crippen LogP contribution in [-0.2, 0) is 11.2 Å². The lowest BCUT2D eigenvalue weighted by atomic mass is 9.95. The smallest absolute Gasteiger partial charge is 0.234 e. The van der Waals surface area contributed by atoms with Gasteiger partial charge in [0.25, 0.3) is 0 Å². The van der Waals surface area contributed by atoms with Gasteiger partial charge in [0.05, 0.1) is 6.04 Å². The predicted octanol–water partition coefficient (Wildman–Crippen LogP) is 0.967. The molecule has 1 aromatic carbocycles. The zero-order valence-corrected chi connectivity index (χ0v) is 9.50. The van der Waals surface area contributed by atoms with Crippen LogP contribution in [0.3, 0.4) is 0 Å². The van der Waals surface area contributed by atoms with Crippen molar-refractivity contribution >= 4 is 5.91 Å². The Bertz CT molecular complexity index is 385. The van der Waals surface area contributed by atoms with Gasteiger partial charge in [-0.25, -0.2) is 0 Å². The van der Waals surface area contributed by atoms with E-state index in [4.69, 9.17) is 11.5 Å². The molecule has 82 valence electrons. The quantitative estimate of drug-likeness (QED) is 0.773. The summed E-state index contributed by atoms with van der Waals surface area (Å²) in [6.07, 6.45) is 0.516. The third kappa shape index (κ3) is 2.57. The highest BCUT2D eigenvalue weighted by Crippen LogP contribution is 2.18. The summed E-state index contributed by atoms with van der Waals surface area (Å²) >= 11 is 0. The summed E-state index contributed by atoms with van der Waals surface area (Å²) in [4.78, 5) is 10.9. The molecule has 3 nitrogen and oxygen atoms in total. The Morgan fingerprint density at radius 1 is 1.27 bits per heavy atom. The fraction of sp³-hybridized carbons (Fsp3) is 0.417. The number of primary amides is 1. The number of amides is 1. The van der Waals surface area contributed by atoms with Crippen LogP contribution < -0.4 is 11.5 Å². The lowest BCUT2D eigenvalue weighted by Gasteiger charge is -2.13. The molecule has 0 saturated carbocycles. The number of hydrogen-bond donors (Lipinski definition) is 2. The van der Waals surface area contributed by atoms with Crippen molar-refractivity contribution < 1.29 is 4.79 Å². The fourth-order valence-corrected chi connectivity index (χ4v) is 1.57. The van der Waals surface area contributed by atoms with E-state index < -0.39 is 11.9 Å². The highest BCUT2D eigenvalue weighted by Gasteiger charge is 2.12. The van der Waals surface area contributed by atoms with Crippen molar-refractivity contribution in [1.29, 1.82) is 0 Å². The van der Waals surface area contributed by atoms with Crippen LogP contribution in [0.4, 0.5) is 0 Å². The van der Waals surface area contributed by atoms with Crippen LogP contribution in [0.5, 0.6) is 0 Å². The average Bonchev–Trinajstić information content (AvgIpc) is 2.18. The molecule has 0 aromatic heterocycles. The molecule has 0 aliphatic heterocycles. The Balaban J connectivity index is 2.97. The third-order valence-electron chi connectivity index (χ3n) is 2.98. The monoisotopic (exact) mass is 206 g/mol. The van der Waals surface area contributed by atoms with Crippen LogP contribution in [0.1, 0.15) is 22.3 Å². The van der Waals surface area contributed by atoms with Crippen molar-refractivity contribution in [3.05, 3.63) is 34.4 Å². The second kappa shape index (κ2) is 4.45. The molecule has 1 atom stereocenters. The Labute approximate surface area is 90.5 Å². The molecule has 0 aliphatic carbocycles. The maximum atomic E-state index is 10.9. The molecule has 1 rings (SSSR count). The number of hydrogen-bond acceptors (Lipinski definition) is 2. The second-order valence-corrected chi connectivity index (χ2v) is 4.00. The molecule has 0 aliphatic rings. The topological polar surface area (TPSA) is 69.1 Å². The van der Waals surface area contributed by atoms with Crippen LogP contribution in [0.25, 0.3) is 0 Å². The number of carbonyl (C=O) groups is 1. The van der Waals surface area contributed by atoms with Crippen LogP contribution in [-0.4, -0.2) is 11.9 Å². The van der Waals surface area contributed by atoms with Gasteiger partial charge in [0, 0.05) is 0 Å². The van der Waals surface area contributed by atoms with E-state index in [1.807, 2.05) is 19.1 Å². The summed E-state index contributed by atoms with van der Waals surface area (Å²) in [6, 6.07) is 3.47. The number of aryl methyl sites for hydroxylation is 1. The van der Waals surface area contributed by atoms with Crippen LogP contribution in [0.15, 0.2) is 12.1 Å². The lowest BCUT2D eigenvalue weighted by Crippen LogP contribution is -2.38. The van der Waals surface area contributed by atoms with Crippen molar-refractivity contribution in [1.82, 2.24) is 0 Å². The normalized spacial score (nSPS) is 12.5. The Kier molecular flexibility index (Phi) is 3.48. The van der Waals surface area contributed by atoms with E-state index in [1.54, 1.807) is 0 Å². The molecule has 0 fully saturated rings. The molecule has 15 heavy (non-hydrogen) atoms. The first-order valence-electron chi connectivity index (χ1n) is 5.04. The molecule has 1 amide bonds. The van der Waals surface area contributed by atoms with Crippen molar-refractivity contribution in [3.63, 3.8) is 0 Å². The van der Waals surface area contributed by atoms with Crippen molar-refractivity contribution in [2.75, 3.05) is 0 Å². The number of rotatable bonds is 3. The molecule has 1 unspecified atom stereocenters. The van der Waals surface area contributed by atoms with Gasteiger partial charge in [-0.1, -0.05) is 12.1 Å². The summed E-state index contributed by atoms with van der Waals surface area (Å²) in [7, 11) is 0. The molecule has 0 radical (unpaired) electrons. The molecule has 1 aromatic rings. The molecule has 0 spiro atoms. The van der Waals surface area contributed by atoms with Crippen LogP contribution >= 0.6 is 0 Å². The van der Waals surface area contributed by atoms with Gasteiger partial charge in [-0.05, 0) is 49.4 Å². The molecule has 3 heteroatoms. The summed E-state index contributed by atoms with van der Waals surface area (Å²) in [5.41, 5.74) is 15.6. The van der Waals surface area contributed by atoms with Crippen LogP contribution in [0.2, 0.25) is 0 Å². The zero-order valence-electron chi connectivity index (χ0n) is 9.50. The maximum Gasteiger partial charge on any atom is 0.234 e. The summed E-state index contributed by atoms with van der Waals surface area (Å²) in [5.74, 6) is -0.451. The van der Waals surface area contributed by atoms with E-state index in [-0.39, 0.29) is 0 Å². The minimum atomic E-state index is -0.592. The number of benzene rings is 1. The van der Waals surface area contributed by atoms with Crippen molar-refractivity contribution in [2.45, 2.75) is 33.2 Å². The standard InChI is InChI=1S/C12H18N2O/c1-7-4-5-10(9(3)8(7)2)6-11(13)12(14)15/h4-5,11H,6,13H2,1-3H3,(H2,14,15). The first-order valence-corrected chi connectivity index (χ1v) is 5.04. The third-order valence-corrected chi connectivity index (χ3v) is 2.98. The Morgan fingerprint density at radius 2 is 1.87 bits per heavy atom. The Hall–Kier alpha value is -1.35. The highest BCUT2D eigenvalue weighted by atomic mass is 16.1. The zero-order chi connectivity index (χ0) is 11.6. The van der Waals surface area contributed by atoms with E-state index in [9.17, 15) is 4.79 Å². The maximum absolute atomic E-state index is 10.9. The SMILES string of the molecule is Cc1ccc(CC(N)C(N)=O)c(C)c1C. The van der Waals surface area contributed by atoms with E-state index in [0.717, 1.165) is 5.56 Å². The van der Waals surface area contributed by atoms with Gasteiger partial charge >= 0.3 is 0 Å². The van der Waals surface area contributed by atoms with E-state index in [2.05, 4.69) is 13.8 Å². The van der Waals surface area contributed by atoms with Gasteiger partial charge < -0.3 is 11.5 Å². The van der Waals surface area contributed by atoms with Gasteiger partial charge in [0.2, 0.25) is 5.91 Å². The Morgan fingerprint density at radius 3 is 2.40 bits per heavy atom. The van der Waals surface area contributed by atoms with Gasteiger partial charge in [0.1, 0.15) is 0 Å². The molecule has 0 heterocycles. The fourth-order valence-electron chi connectivity index (χ4n) is 1.57. The van der Waals surface area contributed by atoms with Gasteiger partial charge in [-0.2, -0.15) is 0 Å². The highest BCUT2D eigenvalue weighted by molar-refractivity contribution is 5.80. The van der Waals surface area contributed by atoms with E-state index >= 15 is 0 Å². The number of nitrogens with two attached hydrogens (primary N) is 2. The lowest BCUT2D eigenvalue weighted by molar-refractivity contribution is -0.119. The first-order chi connectivity index (χ1) is 6.93. The number of carbonyl (C=O) groups excluding carboxylic acids is 1. The minimum absolute atomic E-state index is 0.451.